The average molecular weight is 287 g/mol. The van der Waals surface area contributed by atoms with E-state index >= 15 is 0 Å². The molecule has 0 spiro atoms. The van der Waals surface area contributed by atoms with E-state index in [-0.39, 0.29) is 5.56 Å². The van der Waals surface area contributed by atoms with Crippen molar-refractivity contribution in [2.24, 2.45) is 5.41 Å². The molecule has 20 heavy (non-hydrogen) atoms. The number of aliphatic carboxylic acids is 1. The highest BCUT2D eigenvalue weighted by Gasteiger charge is 2.36. The van der Waals surface area contributed by atoms with E-state index in [9.17, 15) is 18.0 Å². The maximum absolute atomic E-state index is 12.8. The van der Waals surface area contributed by atoms with Crippen LogP contribution in [0.2, 0.25) is 0 Å². The Morgan fingerprint density at radius 3 is 2.45 bits per heavy atom. The first-order chi connectivity index (χ1) is 9.08. The lowest BCUT2D eigenvalue weighted by Gasteiger charge is -2.21. The molecule has 0 unspecified atom stereocenters. The Morgan fingerprint density at radius 1 is 1.40 bits per heavy atom. The van der Waals surface area contributed by atoms with Crippen molar-refractivity contribution < 1.29 is 27.8 Å². The highest BCUT2D eigenvalue weighted by atomic mass is 19.4. The van der Waals surface area contributed by atoms with Crippen molar-refractivity contribution in [3.8, 4) is 11.8 Å². The lowest BCUT2D eigenvalue weighted by Crippen LogP contribution is -2.31. The van der Waals surface area contributed by atoms with Gasteiger partial charge in [0.1, 0.15) is 12.4 Å². The summed E-state index contributed by atoms with van der Waals surface area (Å²) in [5.41, 5.74) is -2.57. The molecule has 108 valence electrons. The Morgan fingerprint density at radius 2 is 2.00 bits per heavy atom. The third-order valence-corrected chi connectivity index (χ3v) is 2.58. The maximum Gasteiger partial charge on any atom is 0.420 e. The first-order valence-corrected chi connectivity index (χ1v) is 5.55. The summed E-state index contributed by atoms with van der Waals surface area (Å²) in [5, 5.41) is 17.5. The van der Waals surface area contributed by atoms with Crippen LogP contribution in [0.1, 0.15) is 25.0 Å². The van der Waals surface area contributed by atoms with Gasteiger partial charge >= 0.3 is 12.1 Å². The van der Waals surface area contributed by atoms with Gasteiger partial charge in [-0.1, -0.05) is 0 Å². The Kier molecular flexibility index (Phi) is 4.28. The lowest BCUT2D eigenvalue weighted by atomic mass is 9.95. The Hall–Kier alpha value is -2.23. The van der Waals surface area contributed by atoms with Gasteiger partial charge < -0.3 is 9.84 Å². The number of carboxylic acids is 1. The number of rotatable bonds is 4. The molecule has 1 aromatic rings. The molecule has 1 rings (SSSR count). The van der Waals surface area contributed by atoms with Gasteiger partial charge in [0.15, 0.2) is 0 Å². The van der Waals surface area contributed by atoms with Crippen LogP contribution in [0.4, 0.5) is 13.2 Å². The van der Waals surface area contributed by atoms with Crippen LogP contribution in [0.3, 0.4) is 0 Å². The van der Waals surface area contributed by atoms with Crippen LogP contribution in [-0.4, -0.2) is 17.7 Å². The molecule has 0 aliphatic rings. The normalized spacial score (nSPS) is 11.8. The number of carbonyl (C=O) groups is 1. The third-order valence-electron chi connectivity index (χ3n) is 2.58. The molecule has 0 fully saturated rings. The number of nitriles is 1. The van der Waals surface area contributed by atoms with Gasteiger partial charge in [-0.25, -0.2) is 0 Å². The number of hydrogen-bond acceptors (Lipinski definition) is 3. The first-order valence-electron chi connectivity index (χ1n) is 5.55. The number of benzene rings is 1. The van der Waals surface area contributed by atoms with Crippen LogP contribution in [0.25, 0.3) is 0 Å². The molecule has 7 heteroatoms. The van der Waals surface area contributed by atoms with E-state index in [1.165, 1.54) is 19.9 Å². The molecule has 1 aromatic carbocycles. The Bertz CT molecular complexity index is 559. The summed E-state index contributed by atoms with van der Waals surface area (Å²) in [7, 11) is 0. The van der Waals surface area contributed by atoms with Crippen LogP contribution in [0, 0.1) is 16.7 Å². The van der Waals surface area contributed by atoms with Crippen molar-refractivity contribution in [3.05, 3.63) is 29.3 Å². The molecule has 0 saturated heterocycles. The molecule has 0 heterocycles. The van der Waals surface area contributed by atoms with Crippen molar-refractivity contribution in [1.82, 2.24) is 0 Å². The van der Waals surface area contributed by atoms with Crippen molar-refractivity contribution >= 4 is 5.97 Å². The van der Waals surface area contributed by atoms with Crippen LogP contribution in [0.5, 0.6) is 5.75 Å². The predicted molar refractivity (Wildman–Crippen MR) is 63.1 cm³/mol. The van der Waals surface area contributed by atoms with Crippen molar-refractivity contribution in [2.75, 3.05) is 6.61 Å². The van der Waals surface area contributed by atoms with Crippen molar-refractivity contribution in [2.45, 2.75) is 20.0 Å². The number of hydrogen-bond donors (Lipinski definition) is 1. The quantitative estimate of drug-likeness (QED) is 0.923. The number of ether oxygens (including phenoxy) is 1. The summed E-state index contributed by atoms with van der Waals surface area (Å²) >= 11 is 0. The fourth-order valence-electron chi connectivity index (χ4n) is 1.27. The minimum atomic E-state index is -4.68. The second-order valence-corrected chi connectivity index (χ2v) is 4.80. The fraction of sp³-hybridized carbons (Fsp3) is 0.385. The molecule has 4 nitrogen and oxygen atoms in total. The summed E-state index contributed by atoms with van der Waals surface area (Å²) in [4.78, 5) is 10.9. The highest BCUT2D eigenvalue weighted by molar-refractivity contribution is 5.73. The summed E-state index contributed by atoms with van der Waals surface area (Å²) in [5.74, 6) is -1.68. The predicted octanol–water partition coefficient (Wildman–Crippen LogP) is 3.07. The van der Waals surface area contributed by atoms with Gasteiger partial charge in [0.2, 0.25) is 0 Å². The van der Waals surface area contributed by atoms with Gasteiger partial charge in [-0.15, -0.1) is 0 Å². The molecule has 0 aromatic heterocycles. The molecule has 0 amide bonds. The molecular weight excluding hydrogens is 275 g/mol. The van der Waals surface area contributed by atoms with Gasteiger partial charge in [-0.2, -0.15) is 18.4 Å². The van der Waals surface area contributed by atoms with E-state index < -0.39 is 35.5 Å². The summed E-state index contributed by atoms with van der Waals surface area (Å²) in [6, 6.07) is 4.47. The second kappa shape index (κ2) is 5.41. The molecule has 0 bridgehead atoms. The number of carboxylic acid groups (broad SMARTS) is 1. The van der Waals surface area contributed by atoms with Gasteiger partial charge in [0.25, 0.3) is 0 Å². The minimum Gasteiger partial charge on any atom is -0.492 e. The summed E-state index contributed by atoms with van der Waals surface area (Å²) < 4.78 is 43.5. The third kappa shape index (κ3) is 3.63. The smallest absolute Gasteiger partial charge is 0.420 e. The average Bonchev–Trinajstić information content (AvgIpc) is 2.35. The zero-order valence-corrected chi connectivity index (χ0v) is 10.8. The molecule has 0 aliphatic carbocycles. The summed E-state index contributed by atoms with van der Waals surface area (Å²) in [6.07, 6.45) is -4.68. The van der Waals surface area contributed by atoms with Crippen molar-refractivity contribution in [3.63, 3.8) is 0 Å². The Labute approximate surface area is 113 Å². The molecule has 0 radical (unpaired) electrons. The van der Waals surface area contributed by atoms with Gasteiger partial charge in [-0.3, -0.25) is 4.79 Å². The van der Waals surface area contributed by atoms with E-state index in [0.29, 0.717) is 6.07 Å². The van der Waals surface area contributed by atoms with E-state index in [0.717, 1.165) is 6.07 Å². The largest absolute Gasteiger partial charge is 0.492 e. The minimum absolute atomic E-state index is 0.151. The summed E-state index contributed by atoms with van der Waals surface area (Å²) in [6.45, 7) is 2.26. The van der Waals surface area contributed by atoms with Gasteiger partial charge in [0, 0.05) is 0 Å². The molecule has 0 aliphatic heterocycles. The van der Waals surface area contributed by atoms with Gasteiger partial charge in [0.05, 0.1) is 22.6 Å². The molecule has 0 atom stereocenters. The SMILES string of the molecule is CC(C)(COc1ccc(C#N)cc1C(F)(F)F)C(=O)O. The van der Waals surface area contributed by atoms with Crippen LogP contribution in [0.15, 0.2) is 18.2 Å². The van der Waals surface area contributed by atoms with Gasteiger partial charge in [-0.05, 0) is 32.0 Å². The maximum atomic E-state index is 12.8. The first kappa shape index (κ1) is 15.8. The number of nitrogens with zero attached hydrogens (tertiary/aromatic N) is 1. The van der Waals surface area contributed by atoms with Crippen LogP contribution >= 0.6 is 0 Å². The zero-order chi connectivity index (χ0) is 15.6. The molecule has 1 N–H and O–H groups in total. The second-order valence-electron chi connectivity index (χ2n) is 4.80. The van der Waals surface area contributed by atoms with Crippen molar-refractivity contribution in [1.29, 1.82) is 5.26 Å². The van der Waals surface area contributed by atoms with E-state index in [1.807, 2.05) is 0 Å². The molecule has 0 saturated carbocycles. The van der Waals surface area contributed by atoms with Crippen LogP contribution < -0.4 is 4.74 Å². The number of halogens is 3. The standard InChI is InChI=1S/C13H12F3NO3/c1-12(2,11(18)19)7-20-10-4-3-8(6-17)5-9(10)13(14,15)16/h3-5H,7H2,1-2H3,(H,18,19). The van der Waals surface area contributed by atoms with E-state index in [4.69, 9.17) is 15.1 Å². The number of alkyl halides is 3. The van der Waals surface area contributed by atoms with E-state index in [2.05, 4.69) is 0 Å². The molecular formula is C13H12F3NO3. The fourth-order valence-corrected chi connectivity index (χ4v) is 1.27. The zero-order valence-electron chi connectivity index (χ0n) is 10.8. The lowest BCUT2D eigenvalue weighted by molar-refractivity contribution is -0.148. The topological polar surface area (TPSA) is 70.3 Å². The van der Waals surface area contributed by atoms with E-state index in [1.54, 1.807) is 6.07 Å². The Balaban J connectivity index is 3.08. The highest BCUT2D eigenvalue weighted by Crippen LogP contribution is 2.37. The van der Waals surface area contributed by atoms with Crippen LogP contribution in [-0.2, 0) is 11.0 Å². The monoisotopic (exact) mass is 287 g/mol.